The molecule has 1 heterocycles. The minimum atomic E-state index is -0.345. The number of ether oxygens (including phenoxy) is 1. The molecule has 2 fully saturated rings. The van der Waals surface area contributed by atoms with Crippen molar-refractivity contribution in [1.82, 2.24) is 10.2 Å². The third-order valence-corrected chi connectivity index (χ3v) is 5.41. The van der Waals surface area contributed by atoms with Crippen molar-refractivity contribution >= 4 is 11.8 Å². The summed E-state index contributed by atoms with van der Waals surface area (Å²) < 4.78 is 19.0. The molecule has 0 bridgehead atoms. The molecule has 0 radical (unpaired) electrons. The molecule has 1 saturated heterocycles. The molecule has 6 heteroatoms. The van der Waals surface area contributed by atoms with Crippen molar-refractivity contribution in [3.63, 3.8) is 0 Å². The number of hydrogen-bond acceptors (Lipinski definition) is 3. The highest BCUT2D eigenvalue weighted by Crippen LogP contribution is 2.22. The highest BCUT2D eigenvalue weighted by atomic mass is 19.1. The second-order valence-electron chi connectivity index (χ2n) is 7.85. The van der Waals surface area contributed by atoms with E-state index in [0.29, 0.717) is 36.9 Å². The van der Waals surface area contributed by atoms with Crippen LogP contribution in [0.5, 0.6) is 5.75 Å². The van der Waals surface area contributed by atoms with Crippen molar-refractivity contribution in [2.24, 2.45) is 5.92 Å². The molecule has 2 aliphatic rings. The Labute approximate surface area is 169 Å². The smallest absolute Gasteiger partial charge is 0.253 e. The van der Waals surface area contributed by atoms with E-state index in [9.17, 15) is 14.0 Å². The van der Waals surface area contributed by atoms with Gasteiger partial charge in [-0.3, -0.25) is 9.59 Å². The van der Waals surface area contributed by atoms with Gasteiger partial charge in [0.15, 0.2) is 0 Å². The predicted molar refractivity (Wildman–Crippen MR) is 107 cm³/mol. The van der Waals surface area contributed by atoms with Crippen LogP contribution in [0.2, 0.25) is 0 Å². The van der Waals surface area contributed by atoms with Crippen molar-refractivity contribution in [2.45, 2.75) is 31.7 Å². The summed E-state index contributed by atoms with van der Waals surface area (Å²) in [6, 6.07) is 13.2. The van der Waals surface area contributed by atoms with Crippen LogP contribution < -0.4 is 10.1 Å². The fraction of sp³-hybridized carbons (Fsp3) is 0.391. The normalized spacial score (nSPS) is 18.9. The Morgan fingerprint density at radius 3 is 2.38 bits per heavy atom. The summed E-state index contributed by atoms with van der Waals surface area (Å²) in [6.45, 7) is 1.84. The van der Waals surface area contributed by atoms with Crippen molar-refractivity contribution in [1.29, 1.82) is 0 Å². The highest BCUT2D eigenvalue weighted by Gasteiger charge is 2.25. The average molecular weight is 396 g/mol. The average Bonchev–Trinajstić information content (AvgIpc) is 3.57. The number of likely N-dealkylation sites (tertiary alicyclic amines) is 1. The summed E-state index contributed by atoms with van der Waals surface area (Å²) in [5, 5.41) is 2.97. The molecule has 2 aromatic rings. The first-order chi connectivity index (χ1) is 14.1. The van der Waals surface area contributed by atoms with Gasteiger partial charge >= 0.3 is 0 Å². The topological polar surface area (TPSA) is 58.6 Å². The summed E-state index contributed by atoms with van der Waals surface area (Å²) in [7, 11) is 0. The van der Waals surface area contributed by atoms with E-state index in [1.54, 1.807) is 12.1 Å². The highest BCUT2D eigenvalue weighted by molar-refractivity contribution is 5.95. The molecule has 1 atom stereocenters. The Morgan fingerprint density at radius 2 is 1.69 bits per heavy atom. The van der Waals surface area contributed by atoms with Gasteiger partial charge in [0.05, 0.1) is 6.61 Å². The Bertz CT molecular complexity index is 863. The molecule has 29 heavy (non-hydrogen) atoms. The van der Waals surface area contributed by atoms with Gasteiger partial charge in [0, 0.05) is 36.2 Å². The fourth-order valence-electron chi connectivity index (χ4n) is 3.57. The number of nitrogens with zero attached hydrogens (tertiary/aromatic N) is 1. The summed E-state index contributed by atoms with van der Waals surface area (Å²) >= 11 is 0. The first-order valence-corrected chi connectivity index (χ1v) is 10.2. The molecule has 2 amide bonds. The zero-order chi connectivity index (χ0) is 20.2. The van der Waals surface area contributed by atoms with Crippen molar-refractivity contribution in [3.05, 3.63) is 65.5 Å². The van der Waals surface area contributed by atoms with Gasteiger partial charge in [0.1, 0.15) is 11.6 Å². The fourth-order valence-corrected chi connectivity index (χ4v) is 3.57. The van der Waals surface area contributed by atoms with E-state index in [4.69, 9.17) is 4.74 Å². The number of carbonyl (C=O) groups excluding carboxylic acids is 2. The molecule has 1 aliphatic heterocycles. The van der Waals surface area contributed by atoms with Crippen LogP contribution in [0.4, 0.5) is 4.39 Å². The van der Waals surface area contributed by atoms with Gasteiger partial charge in [0.25, 0.3) is 11.8 Å². The van der Waals surface area contributed by atoms with Crippen LogP contribution in [0.25, 0.3) is 0 Å². The van der Waals surface area contributed by atoms with Gasteiger partial charge in [0.2, 0.25) is 0 Å². The van der Waals surface area contributed by atoms with E-state index < -0.39 is 0 Å². The van der Waals surface area contributed by atoms with Gasteiger partial charge < -0.3 is 15.0 Å². The molecule has 1 N–H and O–H groups in total. The maximum Gasteiger partial charge on any atom is 0.253 e. The molecule has 152 valence electrons. The molecular weight excluding hydrogens is 371 g/mol. The lowest BCUT2D eigenvalue weighted by Gasteiger charge is -2.32. The summed E-state index contributed by atoms with van der Waals surface area (Å²) in [4.78, 5) is 26.5. The van der Waals surface area contributed by atoms with Crippen LogP contribution in [0.3, 0.4) is 0 Å². The lowest BCUT2D eigenvalue weighted by atomic mass is 9.98. The minimum Gasteiger partial charge on any atom is -0.493 e. The number of halogens is 1. The monoisotopic (exact) mass is 396 g/mol. The van der Waals surface area contributed by atoms with Crippen LogP contribution in [-0.4, -0.2) is 42.5 Å². The standard InChI is InChI=1S/C23H25FN2O3/c24-19-7-3-18(4-8-19)23(28)26-13-1-2-16(14-26)15-29-21-11-5-17(6-12-21)22(27)25-20-9-10-20/h3-8,11-12,16,20H,1-2,9-10,13-15H2,(H,25,27). The molecule has 1 aliphatic carbocycles. The second-order valence-corrected chi connectivity index (χ2v) is 7.85. The van der Waals surface area contributed by atoms with Crippen LogP contribution in [0.1, 0.15) is 46.4 Å². The van der Waals surface area contributed by atoms with E-state index in [0.717, 1.165) is 31.4 Å². The van der Waals surface area contributed by atoms with E-state index in [1.807, 2.05) is 17.0 Å². The molecule has 2 aromatic carbocycles. The van der Waals surface area contributed by atoms with Gasteiger partial charge in [-0.15, -0.1) is 0 Å². The van der Waals surface area contributed by atoms with Gasteiger partial charge in [-0.05, 0) is 74.2 Å². The number of amides is 2. The minimum absolute atomic E-state index is 0.0405. The van der Waals surface area contributed by atoms with Crippen LogP contribution in [-0.2, 0) is 0 Å². The summed E-state index contributed by atoms with van der Waals surface area (Å²) in [5.41, 5.74) is 1.14. The Hall–Kier alpha value is -2.89. The largest absolute Gasteiger partial charge is 0.493 e. The number of nitrogens with one attached hydrogen (secondary N) is 1. The van der Waals surface area contributed by atoms with Crippen molar-refractivity contribution < 1.29 is 18.7 Å². The third kappa shape index (κ3) is 5.13. The van der Waals surface area contributed by atoms with Gasteiger partial charge in [-0.1, -0.05) is 0 Å². The van der Waals surface area contributed by atoms with E-state index in [-0.39, 0.29) is 23.5 Å². The molecule has 4 rings (SSSR count). The summed E-state index contributed by atoms with van der Waals surface area (Å²) in [6.07, 6.45) is 4.04. The molecular formula is C23H25FN2O3. The van der Waals surface area contributed by atoms with Gasteiger partial charge in [-0.2, -0.15) is 0 Å². The second kappa shape index (κ2) is 8.64. The molecule has 5 nitrogen and oxygen atoms in total. The molecule has 1 saturated carbocycles. The zero-order valence-electron chi connectivity index (χ0n) is 16.3. The Balaban J connectivity index is 1.28. The molecule has 0 aromatic heterocycles. The number of rotatable bonds is 6. The van der Waals surface area contributed by atoms with E-state index in [2.05, 4.69) is 5.32 Å². The lowest BCUT2D eigenvalue weighted by molar-refractivity contribution is 0.0633. The Morgan fingerprint density at radius 1 is 1.00 bits per heavy atom. The lowest BCUT2D eigenvalue weighted by Crippen LogP contribution is -2.41. The molecule has 1 unspecified atom stereocenters. The number of hydrogen-bond donors (Lipinski definition) is 1. The van der Waals surface area contributed by atoms with Crippen molar-refractivity contribution in [2.75, 3.05) is 19.7 Å². The predicted octanol–water partition coefficient (Wildman–Crippen LogP) is 3.65. The zero-order valence-corrected chi connectivity index (χ0v) is 16.3. The molecule has 0 spiro atoms. The third-order valence-electron chi connectivity index (χ3n) is 5.41. The summed E-state index contributed by atoms with van der Waals surface area (Å²) in [5.74, 6) is 0.505. The van der Waals surface area contributed by atoms with Crippen LogP contribution in [0.15, 0.2) is 48.5 Å². The number of carbonyl (C=O) groups is 2. The SMILES string of the molecule is O=C(NC1CC1)c1ccc(OCC2CCCN(C(=O)c3ccc(F)cc3)C2)cc1. The maximum absolute atomic E-state index is 13.1. The first-order valence-electron chi connectivity index (χ1n) is 10.2. The van der Waals surface area contributed by atoms with Crippen LogP contribution >= 0.6 is 0 Å². The quantitative estimate of drug-likeness (QED) is 0.811. The Kier molecular flexibility index (Phi) is 5.79. The van der Waals surface area contributed by atoms with Crippen LogP contribution in [0, 0.1) is 11.7 Å². The number of benzene rings is 2. The van der Waals surface area contributed by atoms with Crippen molar-refractivity contribution in [3.8, 4) is 5.75 Å². The van der Waals surface area contributed by atoms with Gasteiger partial charge in [-0.25, -0.2) is 4.39 Å². The van der Waals surface area contributed by atoms with E-state index >= 15 is 0 Å². The first kappa shape index (κ1) is 19.4. The number of piperidine rings is 1. The maximum atomic E-state index is 13.1. The van der Waals surface area contributed by atoms with E-state index in [1.165, 1.54) is 24.3 Å².